The molecule has 5 nitrogen and oxygen atoms in total. The van der Waals surface area contributed by atoms with Crippen LogP contribution in [0.5, 0.6) is 0 Å². The molecule has 4 aromatic rings. The van der Waals surface area contributed by atoms with Gasteiger partial charge in [-0.05, 0) is 43.3 Å². The van der Waals surface area contributed by atoms with E-state index in [-0.39, 0.29) is 5.56 Å². The number of hydrogen-bond acceptors (Lipinski definition) is 5. The Balaban J connectivity index is 1.59. The number of benzene rings is 2. The number of para-hydroxylation sites is 1. The lowest BCUT2D eigenvalue weighted by atomic mass is 10.2. The largest absolute Gasteiger partial charge is 0.440 e. The fraction of sp³-hybridized carbons (Fsp3) is 0.150. The summed E-state index contributed by atoms with van der Waals surface area (Å²) in [6.07, 6.45) is 1.69. The molecule has 27 heavy (non-hydrogen) atoms. The number of thioether (sulfide) groups is 1. The van der Waals surface area contributed by atoms with Crippen LogP contribution in [0.25, 0.3) is 22.2 Å². The zero-order chi connectivity index (χ0) is 18.8. The predicted octanol–water partition coefficient (Wildman–Crippen LogP) is 5.02. The van der Waals surface area contributed by atoms with Gasteiger partial charge < -0.3 is 4.42 Å². The van der Waals surface area contributed by atoms with Gasteiger partial charge in [0.25, 0.3) is 5.56 Å². The molecule has 0 bridgehead atoms. The number of hydrogen-bond donors (Lipinski definition) is 0. The summed E-state index contributed by atoms with van der Waals surface area (Å²) in [5.41, 5.74) is 1.58. The second-order valence-corrected chi connectivity index (χ2v) is 7.25. The molecule has 0 aliphatic heterocycles. The van der Waals surface area contributed by atoms with E-state index in [1.807, 2.05) is 49.4 Å². The van der Waals surface area contributed by atoms with Gasteiger partial charge in [-0.1, -0.05) is 35.5 Å². The van der Waals surface area contributed by atoms with Gasteiger partial charge in [0.15, 0.2) is 10.9 Å². The number of nitrogens with zero attached hydrogens (tertiary/aromatic N) is 3. The minimum atomic E-state index is -0.0279. The molecule has 0 aliphatic rings. The molecular formula is C20H16ClN3O2S. The normalized spacial score (nSPS) is 11.2. The first kappa shape index (κ1) is 17.8. The second kappa shape index (κ2) is 7.58. The zero-order valence-corrected chi connectivity index (χ0v) is 16.1. The molecule has 0 aliphatic carbocycles. The highest BCUT2D eigenvalue weighted by molar-refractivity contribution is 7.98. The van der Waals surface area contributed by atoms with Crippen molar-refractivity contribution >= 4 is 34.3 Å². The van der Waals surface area contributed by atoms with Gasteiger partial charge in [0.05, 0.1) is 22.9 Å². The van der Waals surface area contributed by atoms with Gasteiger partial charge in [0, 0.05) is 17.1 Å². The zero-order valence-electron chi connectivity index (χ0n) is 14.6. The van der Waals surface area contributed by atoms with Gasteiger partial charge in [0.1, 0.15) is 0 Å². The van der Waals surface area contributed by atoms with Crippen LogP contribution < -0.4 is 5.56 Å². The summed E-state index contributed by atoms with van der Waals surface area (Å²) in [5.74, 6) is 1.75. The molecule has 0 amide bonds. The van der Waals surface area contributed by atoms with E-state index in [1.165, 1.54) is 11.8 Å². The molecule has 0 saturated carbocycles. The van der Waals surface area contributed by atoms with Crippen LogP contribution in [0.3, 0.4) is 0 Å². The Morgan fingerprint density at radius 3 is 2.70 bits per heavy atom. The summed E-state index contributed by atoms with van der Waals surface area (Å²) >= 11 is 7.36. The molecule has 0 fully saturated rings. The highest BCUT2D eigenvalue weighted by Crippen LogP contribution is 2.26. The summed E-state index contributed by atoms with van der Waals surface area (Å²) in [6.45, 7) is 2.49. The molecule has 2 aromatic carbocycles. The summed E-state index contributed by atoms with van der Waals surface area (Å²) in [6, 6.07) is 14.8. The van der Waals surface area contributed by atoms with Crippen LogP contribution >= 0.6 is 23.4 Å². The van der Waals surface area contributed by atoms with E-state index in [1.54, 1.807) is 16.8 Å². The van der Waals surface area contributed by atoms with E-state index in [0.29, 0.717) is 45.0 Å². The number of fused-ring (bicyclic) bond motifs is 1. The number of aromatic nitrogens is 3. The third-order valence-corrected chi connectivity index (χ3v) is 5.36. The highest BCUT2D eigenvalue weighted by Gasteiger charge is 2.12. The van der Waals surface area contributed by atoms with Gasteiger partial charge >= 0.3 is 0 Å². The summed E-state index contributed by atoms with van der Waals surface area (Å²) in [4.78, 5) is 21.6. The smallest absolute Gasteiger partial charge is 0.262 e. The quantitative estimate of drug-likeness (QED) is 0.349. The predicted molar refractivity (Wildman–Crippen MR) is 108 cm³/mol. The number of rotatable bonds is 5. The maximum atomic E-state index is 12.7. The van der Waals surface area contributed by atoms with E-state index >= 15 is 0 Å². The van der Waals surface area contributed by atoms with Crippen molar-refractivity contribution in [3.8, 4) is 11.3 Å². The van der Waals surface area contributed by atoms with Crippen molar-refractivity contribution in [2.75, 3.05) is 0 Å². The molecule has 2 aromatic heterocycles. The van der Waals surface area contributed by atoms with Crippen LogP contribution in [0.4, 0.5) is 0 Å². The van der Waals surface area contributed by atoms with Crippen molar-refractivity contribution in [2.45, 2.75) is 24.4 Å². The van der Waals surface area contributed by atoms with Crippen molar-refractivity contribution in [3.05, 3.63) is 76.0 Å². The van der Waals surface area contributed by atoms with Crippen LogP contribution in [-0.2, 0) is 12.3 Å². The van der Waals surface area contributed by atoms with Crippen molar-refractivity contribution in [2.24, 2.45) is 0 Å². The molecule has 2 heterocycles. The summed E-state index contributed by atoms with van der Waals surface area (Å²) in [5, 5.41) is 1.96. The monoisotopic (exact) mass is 397 g/mol. The maximum Gasteiger partial charge on any atom is 0.262 e. The Labute approximate surface area is 165 Å². The molecule has 7 heteroatoms. The Kier molecular flexibility index (Phi) is 5.01. The van der Waals surface area contributed by atoms with Crippen molar-refractivity contribution < 1.29 is 4.42 Å². The highest BCUT2D eigenvalue weighted by atomic mass is 35.5. The Hall–Kier alpha value is -2.57. The fourth-order valence-electron chi connectivity index (χ4n) is 2.79. The maximum absolute atomic E-state index is 12.7. The lowest BCUT2D eigenvalue weighted by Crippen LogP contribution is -2.22. The lowest BCUT2D eigenvalue weighted by molar-refractivity contribution is 0.529. The summed E-state index contributed by atoms with van der Waals surface area (Å²) < 4.78 is 7.51. The molecule has 0 spiro atoms. The SMILES string of the molecule is CCn1c(SCc2ncc(-c3ccc(Cl)cc3)o2)nc2ccccc2c1=O. The first-order valence-corrected chi connectivity index (χ1v) is 9.85. The second-order valence-electron chi connectivity index (χ2n) is 5.87. The molecule has 136 valence electrons. The van der Waals surface area contributed by atoms with E-state index in [4.69, 9.17) is 16.0 Å². The Morgan fingerprint density at radius 1 is 1.15 bits per heavy atom. The van der Waals surface area contributed by atoms with Crippen molar-refractivity contribution in [1.29, 1.82) is 0 Å². The van der Waals surface area contributed by atoms with Crippen LogP contribution in [0, 0.1) is 0 Å². The van der Waals surface area contributed by atoms with Crippen molar-refractivity contribution in [1.82, 2.24) is 14.5 Å². The Bertz CT molecular complexity index is 1150. The molecule has 4 rings (SSSR count). The molecule has 0 N–H and O–H groups in total. The molecule has 0 atom stereocenters. The van der Waals surface area contributed by atoms with Crippen LogP contribution in [-0.4, -0.2) is 14.5 Å². The van der Waals surface area contributed by atoms with E-state index in [2.05, 4.69) is 9.97 Å². The van der Waals surface area contributed by atoms with Crippen LogP contribution in [0.15, 0.2) is 69.1 Å². The minimum absolute atomic E-state index is 0.0279. The summed E-state index contributed by atoms with van der Waals surface area (Å²) in [7, 11) is 0. The van der Waals surface area contributed by atoms with E-state index < -0.39 is 0 Å². The van der Waals surface area contributed by atoms with Crippen LogP contribution in [0.1, 0.15) is 12.8 Å². The van der Waals surface area contributed by atoms with E-state index in [9.17, 15) is 4.79 Å². The molecular weight excluding hydrogens is 382 g/mol. The third kappa shape index (κ3) is 3.63. The third-order valence-electron chi connectivity index (χ3n) is 4.15. The van der Waals surface area contributed by atoms with E-state index in [0.717, 1.165) is 5.56 Å². The number of oxazole rings is 1. The Morgan fingerprint density at radius 2 is 1.93 bits per heavy atom. The standard InChI is InChI=1S/C20H16ClN3O2S/c1-2-24-19(25)15-5-3-4-6-16(15)23-20(24)27-12-18-22-11-17(26-18)13-7-9-14(21)10-8-13/h3-11H,2,12H2,1H3. The molecule has 0 unspecified atom stereocenters. The number of halogens is 1. The van der Waals surface area contributed by atoms with Gasteiger partial charge in [-0.25, -0.2) is 9.97 Å². The lowest BCUT2D eigenvalue weighted by Gasteiger charge is -2.10. The first-order valence-electron chi connectivity index (χ1n) is 8.48. The average Bonchev–Trinajstić information content (AvgIpc) is 3.16. The van der Waals surface area contributed by atoms with Gasteiger partial charge in [-0.15, -0.1) is 0 Å². The first-order chi connectivity index (χ1) is 13.2. The topological polar surface area (TPSA) is 60.9 Å². The molecule has 0 radical (unpaired) electrons. The minimum Gasteiger partial charge on any atom is -0.440 e. The van der Waals surface area contributed by atoms with Gasteiger partial charge in [-0.3, -0.25) is 9.36 Å². The average molecular weight is 398 g/mol. The van der Waals surface area contributed by atoms with Crippen LogP contribution in [0.2, 0.25) is 5.02 Å². The van der Waals surface area contributed by atoms with Gasteiger partial charge in [0.2, 0.25) is 5.89 Å². The molecule has 0 saturated heterocycles. The fourth-order valence-corrected chi connectivity index (χ4v) is 3.83. The van der Waals surface area contributed by atoms with Crippen molar-refractivity contribution in [3.63, 3.8) is 0 Å². The van der Waals surface area contributed by atoms with Gasteiger partial charge in [-0.2, -0.15) is 0 Å².